The summed E-state index contributed by atoms with van der Waals surface area (Å²) < 4.78 is 10.3. The average Bonchev–Trinajstić information content (AvgIpc) is 2.90. The fourth-order valence-electron chi connectivity index (χ4n) is 1.77. The summed E-state index contributed by atoms with van der Waals surface area (Å²) >= 11 is 0. The number of aliphatic hydroxyl groups excluding tert-OH is 1. The zero-order valence-corrected chi connectivity index (χ0v) is 9.13. The lowest BCUT2D eigenvalue weighted by atomic mass is 10.1. The van der Waals surface area contributed by atoms with Gasteiger partial charge in [-0.2, -0.15) is 4.98 Å². The van der Waals surface area contributed by atoms with Crippen molar-refractivity contribution >= 4 is 0 Å². The molecule has 0 aromatic carbocycles. The molecule has 1 aromatic heterocycles. The molecule has 1 aliphatic heterocycles. The zero-order valence-electron chi connectivity index (χ0n) is 9.13. The van der Waals surface area contributed by atoms with Gasteiger partial charge < -0.3 is 20.1 Å². The molecule has 1 aromatic rings. The van der Waals surface area contributed by atoms with E-state index < -0.39 is 6.10 Å². The highest BCUT2D eigenvalue weighted by Crippen LogP contribution is 2.18. The van der Waals surface area contributed by atoms with Crippen molar-refractivity contribution in [3.63, 3.8) is 0 Å². The lowest BCUT2D eigenvalue weighted by Crippen LogP contribution is -2.08. The molecule has 90 valence electrons. The Hall–Kier alpha value is -0.980. The molecule has 0 aliphatic carbocycles. The van der Waals surface area contributed by atoms with Crippen LogP contribution in [0.25, 0.3) is 0 Å². The molecule has 1 aliphatic rings. The topological polar surface area (TPSA) is 94.4 Å². The van der Waals surface area contributed by atoms with Crippen molar-refractivity contribution in [3.8, 4) is 0 Å². The summed E-state index contributed by atoms with van der Waals surface area (Å²) in [5, 5.41) is 13.4. The predicted molar refractivity (Wildman–Crippen MR) is 55.6 cm³/mol. The van der Waals surface area contributed by atoms with Crippen LogP contribution < -0.4 is 5.73 Å². The van der Waals surface area contributed by atoms with Crippen LogP contribution in [0, 0.1) is 5.92 Å². The number of nitrogens with zero attached hydrogens (tertiary/aromatic N) is 2. The van der Waals surface area contributed by atoms with Crippen LogP contribution in [0.3, 0.4) is 0 Å². The smallest absolute Gasteiger partial charge is 0.255 e. The summed E-state index contributed by atoms with van der Waals surface area (Å²) in [6, 6.07) is 0. The summed E-state index contributed by atoms with van der Waals surface area (Å²) in [6.45, 7) is 1.97. The van der Waals surface area contributed by atoms with Crippen LogP contribution in [0.5, 0.6) is 0 Å². The molecule has 1 saturated heterocycles. The van der Waals surface area contributed by atoms with Crippen LogP contribution in [0.4, 0.5) is 0 Å². The summed E-state index contributed by atoms with van der Waals surface area (Å²) in [5.74, 6) is 1.37. The Morgan fingerprint density at radius 3 is 3.12 bits per heavy atom. The largest absolute Gasteiger partial charge is 0.383 e. The maximum Gasteiger partial charge on any atom is 0.255 e. The first-order chi connectivity index (χ1) is 7.79. The maximum absolute atomic E-state index is 9.59. The SMILES string of the molecule is NCC[C@H](O)c1nc(CC2CCOC2)no1. The van der Waals surface area contributed by atoms with E-state index >= 15 is 0 Å². The summed E-state index contributed by atoms with van der Waals surface area (Å²) in [6.07, 6.45) is 1.48. The molecule has 0 saturated carbocycles. The van der Waals surface area contributed by atoms with E-state index in [1.165, 1.54) is 0 Å². The van der Waals surface area contributed by atoms with Crippen molar-refractivity contribution in [2.24, 2.45) is 11.7 Å². The van der Waals surface area contributed by atoms with Gasteiger partial charge in [-0.1, -0.05) is 5.16 Å². The van der Waals surface area contributed by atoms with E-state index in [1.807, 2.05) is 0 Å². The van der Waals surface area contributed by atoms with Crippen molar-refractivity contribution in [2.75, 3.05) is 19.8 Å². The van der Waals surface area contributed by atoms with E-state index in [-0.39, 0.29) is 5.89 Å². The minimum absolute atomic E-state index is 0.263. The molecule has 2 heterocycles. The Morgan fingerprint density at radius 2 is 2.44 bits per heavy atom. The normalized spacial score (nSPS) is 22.5. The Bertz CT molecular complexity index is 323. The third kappa shape index (κ3) is 2.78. The van der Waals surface area contributed by atoms with Crippen molar-refractivity contribution < 1.29 is 14.4 Å². The van der Waals surface area contributed by atoms with Gasteiger partial charge in [0.15, 0.2) is 5.82 Å². The molecule has 6 heteroatoms. The molecule has 3 N–H and O–H groups in total. The quantitative estimate of drug-likeness (QED) is 0.737. The van der Waals surface area contributed by atoms with Gasteiger partial charge in [0.2, 0.25) is 0 Å². The predicted octanol–water partition coefficient (Wildman–Crippen LogP) is 0.0308. The number of hydrogen-bond donors (Lipinski definition) is 2. The first-order valence-electron chi connectivity index (χ1n) is 5.58. The van der Waals surface area contributed by atoms with E-state index in [0.29, 0.717) is 24.7 Å². The van der Waals surface area contributed by atoms with Gasteiger partial charge >= 0.3 is 0 Å². The molecule has 1 fully saturated rings. The van der Waals surface area contributed by atoms with Crippen LogP contribution in [-0.2, 0) is 11.2 Å². The third-order valence-corrected chi connectivity index (χ3v) is 2.70. The van der Waals surface area contributed by atoms with Gasteiger partial charge in [0, 0.05) is 19.6 Å². The number of aromatic nitrogens is 2. The highest BCUT2D eigenvalue weighted by atomic mass is 16.5. The molecule has 2 rings (SSSR count). The highest BCUT2D eigenvalue weighted by Gasteiger charge is 2.20. The van der Waals surface area contributed by atoms with Gasteiger partial charge in [0.05, 0.1) is 0 Å². The molecular weight excluding hydrogens is 210 g/mol. The Labute approximate surface area is 93.8 Å². The second kappa shape index (κ2) is 5.38. The van der Waals surface area contributed by atoms with Gasteiger partial charge in [-0.25, -0.2) is 0 Å². The monoisotopic (exact) mass is 227 g/mol. The molecule has 0 radical (unpaired) electrons. The van der Waals surface area contributed by atoms with Crippen molar-refractivity contribution in [1.29, 1.82) is 0 Å². The van der Waals surface area contributed by atoms with Gasteiger partial charge in [-0.15, -0.1) is 0 Å². The number of aliphatic hydroxyl groups is 1. The van der Waals surface area contributed by atoms with Crippen LogP contribution in [0.1, 0.15) is 30.7 Å². The summed E-state index contributed by atoms with van der Waals surface area (Å²) in [5.41, 5.74) is 5.34. The first kappa shape index (κ1) is 11.5. The number of rotatable bonds is 5. The summed E-state index contributed by atoms with van der Waals surface area (Å²) in [4.78, 5) is 4.15. The first-order valence-corrected chi connectivity index (χ1v) is 5.58. The molecule has 0 bridgehead atoms. The van der Waals surface area contributed by atoms with Gasteiger partial charge in [-0.05, 0) is 25.3 Å². The third-order valence-electron chi connectivity index (χ3n) is 2.70. The molecule has 0 amide bonds. The van der Waals surface area contributed by atoms with Crippen LogP contribution in [0.15, 0.2) is 4.52 Å². The second-order valence-corrected chi connectivity index (χ2v) is 4.08. The van der Waals surface area contributed by atoms with Crippen LogP contribution in [-0.4, -0.2) is 35.0 Å². The minimum Gasteiger partial charge on any atom is -0.383 e. The van der Waals surface area contributed by atoms with Gasteiger partial charge in [0.25, 0.3) is 5.89 Å². The minimum atomic E-state index is -0.744. The van der Waals surface area contributed by atoms with E-state index in [4.69, 9.17) is 15.0 Å². The van der Waals surface area contributed by atoms with E-state index in [1.54, 1.807) is 0 Å². The molecule has 6 nitrogen and oxygen atoms in total. The highest BCUT2D eigenvalue weighted by molar-refractivity contribution is 4.92. The molecule has 0 spiro atoms. The number of nitrogens with two attached hydrogens (primary N) is 1. The molecule has 2 atom stereocenters. The van der Waals surface area contributed by atoms with Crippen LogP contribution >= 0.6 is 0 Å². The standard InChI is InChI=1S/C10H17N3O3/c11-3-1-8(14)10-12-9(13-16-10)5-7-2-4-15-6-7/h7-8,14H,1-6,11H2/t7?,8-/m0/s1. The van der Waals surface area contributed by atoms with Crippen LogP contribution in [0.2, 0.25) is 0 Å². The van der Waals surface area contributed by atoms with Gasteiger partial charge in [0.1, 0.15) is 6.10 Å². The molecule has 16 heavy (non-hydrogen) atoms. The van der Waals surface area contributed by atoms with E-state index in [0.717, 1.165) is 26.1 Å². The molecular formula is C10H17N3O3. The fraction of sp³-hybridized carbons (Fsp3) is 0.800. The van der Waals surface area contributed by atoms with Crippen molar-refractivity contribution in [3.05, 3.63) is 11.7 Å². The second-order valence-electron chi connectivity index (χ2n) is 4.08. The molecule has 1 unspecified atom stereocenters. The Morgan fingerprint density at radius 1 is 1.56 bits per heavy atom. The van der Waals surface area contributed by atoms with E-state index in [9.17, 15) is 5.11 Å². The van der Waals surface area contributed by atoms with E-state index in [2.05, 4.69) is 10.1 Å². The van der Waals surface area contributed by atoms with Crippen molar-refractivity contribution in [2.45, 2.75) is 25.4 Å². The lowest BCUT2D eigenvalue weighted by Gasteiger charge is -2.02. The van der Waals surface area contributed by atoms with Gasteiger partial charge in [-0.3, -0.25) is 0 Å². The number of hydrogen-bond acceptors (Lipinski definition) is 6. The Kier molecular flexibility index (Phi) is 3.87. The maximum atomic E-state index is 9.59. The Balaban J connectivity index is 1.90. The van der Waals surface area contributed by atoms with Crippen molar-refractivity contribution in [1.82, 2.24) is 10.1 Å². The zero-order chi connectivity index (χ0) is 11.4. The lowest BCUT2D eigenvalue weighted by molar-refractivity contribution is 0.127. The summed E-state index contributed by atoms with van der Waals surface area (Å²) in [7, 11) is 0. The fourth-order valence-corrected chi connectivity index (χ4v) is 1.77. The average molecular weight is 227 g/mol. The number of ether oxygens (including phenoxy) is 1.